The van der Waals surface area contributed by atoms with Crippen LogP contribution in [0.25, 0.3) is 0 Å². The van der Waals surface area contributed by atoms with Crippen LogP contribution in [-0.2, 0) is 0 Å². The number of nitrogens with one attached hydrogen (secondary N) is 1. The maximum atomic E-state index is 5.91. The van der Waals surface area contributed by atoms with Gasteiger partial charge in [-0.1, -0.05) is 13.8 Å². The Morgan fingerprint density at radius 2 is 2.29 bits per heavy atom. The summed E-state index contributed by atoms with van der Waals surface area (Å²) < 4.78 is 5.66. The molecule has 1 saturated heterocycles. The lowest BCUT2D eigenvalue weighted by Gasteiger charge is -2.29. The van der Waals surface area contributed by atoms with E-state index in [-0.39, 0.29) is 0 Å². The van der Waals surface area contributed by atoms with Crippen molar-refractivity contribution in [2.75, 3.05) is 44.3 Å². The Morgan fingerprint density at radius 1 is 1.48 bits per heavy atom. The van der Waals surface area contributed by atoms with Crippen LogP contribution in [0.4, 0.5) is 11.5 Å². The Morgan fingerprint density at radius 3 is 3.00 bits per heavy atom. The van der Waals surface area contributed by atoms with Crippen LogP contribution in [-0.4, -0.2) is 43.2 Å². The molecule has 0 aliphatic carbocycles. The van der Waals surface area contributed by atoms with Crippen molar-refractivity contribution in [1.82, 2.24) is 9.88 Å². The van der Waals surface area contributed by atoms with Gasteiger partial charge in [-0.25, -0.2) is 0 Å². The van der Waals surface area contributed by atoms with Crippen LogP contribution in [0.5, 0.6) is 5.88 Å². The van der Waals surface area contributed by atoms with Gasteiger partial charge in [0.2, 0.25) is 5.88 Å². The van der Waals surface area contributed by atoms with Gasteiger partial charge in [0.25, 0.3) is 0 Å². The van der Waals surface area contributed by atoms with E-state index in [4.69, 9.17) is 10.5 Å². The van der Waals surface area contributed by atoms with E-state index in [0.717, 1.165) is 18.9 Å². The van der Waals surface area contributed by atoms with Crippen LogP contribution in [0.2, 0.25) is 0 Å². The molecular formula is C16H28N4O. The zero-order valence-corrected chi connectivity index (χ0v) is 13.4. The second kappa shape index (κ2) is 7.50. The highest BCUT2D eigenvalue weighted by atomic mass is 16.5. The van der Waals surface area contributed by atoms with Crippen LogP contribution in [0.3, 0.4) is 0 Å². The minimum atomic E-state index is 0.459. The number of aromatic nitrogens is 1. The number of piperidine rings is 1. The number of nitrogens with zero attached hydrogens (tertiary/aromatic N) is 2. The van der Waals surface area contributed by atoms with Crippen LogP contribution < -0.4 is 15.8 Å². The van der Waals surface area contributed by atoms with E-state index in [1.807, 2.05) is 12.1 Å². The molecule has 0 saturated carbocycles. The molecule has 1 aliphatic rings. The van der Waals surface area contributed by atoms with Gasteiger partial charge in [0.1, 0.15) is 5.82 Å². The van der Waals surface area contributed by atoms with Crippen molar-refractivity contribution in [3.05, 3.63) is 12.1 Å². The lowest BCUT2D eigenvalue weighted by Crippen LogP contribution is -2.35. The molecule has 1 fully saturated rings. The number of nitrogens with two attached hydrogens (primary N) is 1. The molecule has 0 bridgehead atoms. The Hall–Kier alpha value is -1.49. The van der Waals surface area contributed by atoms with E-state index in [1.54, 1.807) is 0 Å². The zero-order valence-electron chi connectivity index (χ0n) is 13.4. The van der Waals surface area contributed by atoms with Gasteiger partial charge in [0.05, 0.1) is 12.3 Å². The average Bonchev–Trinajstić information content (AvgIpc) is 2.45. The number of ether oxygens (including phenoxy) is 1. The Labute approximate surface area is 127 Å². The highest BCUT2D eigenvalue weighted by Gasteiger charge is 2.17. The molecule has 5 nitrogen and oxygen atoms in total. The monoisotopic (exact) mass is 292 g/mol. The molecule has 21 heavy (non-hydrogen) atoms. The summed E-state index contributed by atoms with van der Waals surface area (Å²) in [6, 6.07) is 3.78. The number of pyridine rings is 1. The third-order valence-corrected chi connectivity index (χ3v) is 3.74. The molecule has 1 atom stereocenters. The van der Waals surface area contributed by atoms with E-state index in [0.29, 0.717) is 30.0 Å². The summed E-state index contributed by atoms with van der Waals surface area (Å²) in [6.07, 6.45) is 2.56. The molecule has 1 aromatic rings. The second-order valence-electron chi connectivity index (χ2n) is 6.45. The summed E-state index contributed by atoms with van der Waals surface area (Å²) in [6.45, 7) is 8.16. The molecule has 1 unspecified atom stereocenters. The van der Waals surface area contributed by atoms with Gasteiger partial charge in [-0.15, -0.1) is 0 Å². The fourth-order valence-electron chi connectivity index (χ4n) is 2.60. The third-order valence-electron chi connectivity index (χ3n) is 3.74. The minimum absolute atomic E-state index is 0.459. The number of rotatable bonds is 6. The number of hydrogen-bond donors (Lipinski definition) is 2. The standard InChI is InChI=1S/C16H28N4O/c1-12(2)11-21-16-14(17)6-7-15(19-16)18-9-13-5-4-8-20(3)10-13/h6-7,12-13H,4-5,8-11,17H2,1-3H3,(H,18,19). The quantitative estimate of drug-likeness (QED) is 0.843. The lowest BCUT2D eigenvalue weighted by atomic mass is 9.98. The van der Waals surface area contributed by atoms with Gasteiger partial charge < -0.3 is 20.7 Å². The summed E-state index contributed by atoms with van der Waals surface area (Å²) in [7, 11) is 2.19. The topological polar surface area (TPSA) is 63.4 Å². The third kappa shape index (κ3) is 5.08. The van der Waals surface area contributed by atoms with Crippen LogP contribution in [0.15, 0.2) is 12.1 Å². The predicted octanol–water partition coefficient (Wildman–Crippen LogP) is 2.45. The maximum Gasteiger partial charge on any atom is 0.239 e. The molecule has 5 heteroatoms. The van der Waals surface area contributed by atoms with Crippen molar-refractivity contribution in [2.24, 2.45) is 11.8 Å². The van der Waals surface area contributed by atoms with E-state index < -0.39 is 0 Å². The second-order valence-corrected chi connectivity index (χ2v) is 6.45. The summed E-state index contributed by atoms with van der Waals surface area (Å²) in [4.78, 5) is 6.87. The number of anilines is 2. The molecule has 1 aliphatic heterocycles. The Balaban J connectivity index is 1.89. The summed E-state index contributed by atoms with van der Waals surface area (Å²) >= 11 is 0. The molecule has 0 spiro atoms. The summed E-state index contributed by atoms with van der Waals surface area (Å²) in [5.74, 6) is 2.52. The fraction of sp³-hybridized carbons (Fsp3) is 0.688. The minimum Gasteiger partial charge on any atom is -0.476 e. The SMILES string of the molecule is CC(C)COc1nc(NCC2CCCN(C)C2)ccc1N. The molecule has 3 N–H and O–H groups in total. The fourth-order valence-corrected chi connectivity index (χ4v) is 2.60. The molecule has 0 aromatic carbocycles. The molecule has 1 aromatic heterocycles. The maximum absolute atomic E-state index is 5.91. The van der Waals surface area contributed by atoms with E-state index in [2.05, 4.69) is 36.1 Å². The molecule has 0 amide bonds. The van der Waals surface area contributed by atoms with Crippen LogP contribution in [0, 0.1) is 11.8 Å². The van der Waals surface area contributed by atoms with Gasteiger partial charge >= 0.3 is 0 Å². The van der Waals surface area contributed by atoms with E-state index in [1.165, 1.54) is 19.4 Å². The first-order chi connectivity index (χ1) is 10.0. The number of nitrogen functional groups attached to an aromatic ring is 1. The first-order valence-corrected chi connectivity index (χ1v) is 7.86. The van der Waals surface area contributed by atoms with Crippen LogP contribution >= 0.6 is 0 Å². The van der Waals surface area contributed by atoms with Crippen molar-refractivity contribution < 1.29 is 4.74 Å². The Bertz CT molecular complexity index is 450. The number of hydrogen-bond acceptors (Lipinski definition) is 5. The van der Waals surface area contributed by atoms with Crippen molar-refractivity contribution in [3.63, 3.8) is 0 Å². The van der Waals surface area contributed by atoms with Gasteiger partial charge in [0.15, 0.2) is 0 Å². The van der Waals surface area contributed by atoms with Crippen LogP contribution in [0.1, 0.15) is 26.7 Å². The zero-order chi connectivity index (χ0) is 15.2. The smallest absolute Gasteiger partial charge is 0.239 e. The van der Waals surface area contributed by atoms with E-state index >= 15 is 0 Å². The van der Waals surface area contributed by atoms with Gasteiger partial charge in [-0.2, -0.15) is 4.98 Å². The van der Waals surface area contributed by atoms with Crippen molar-refractivity contribution in [1.29, 1.82) is 0 Å². The van der Waals surface area contributed by atoms with Crippen molar-refractivity contribution in [3.8, 4) is 5.88 Å². The summed E-state index contributed by atoms with van der Waals surface area (Å²) in [5.41, 5.74) is 6.51. The van der Waals surface area contributed by atoms with Gasteiger partial charge in [0, 0.05) is 13.1 Å². The van der Waals surface area contributed by atoms with E-state index in [9.17, 15) is 0 Å². The molecular weight excluding hydrogens is 264 g/mol. The summed E-state index contributed by atoms with van der Waals surface area (Å²) in [5, 5.41) is 3.42. The average molecular weight is 292 g/mol. The molecule has 118 valence electrons. The molecule has 2 heterocycles. The first-order valence-electron chi connectivity index (χ1n) is 7.86. The lowest BCUT2D eigenvalue weighted by molar-refractivity contribution is 0.217. The molecule has 2 rings (SSSR count). The Kier molecular flexibility index (Phi) is 5.67. The van der Waals surface area contributed by atoms with Gasteiger partial charge in [-0.3, -0.25) is 0 Å². The predicted molar refractivity (Wildman–Crippen MR) is 87.7 cm³/mol. The highest BCUT2D eigenvalue weighted by molar-refractivity contribution is 5.53. The molecule has 0 radical (unpaired) electrons. The van der Waals surface area contributed by atoms with Crippen molar-refractivity contribution in [2.45, 2.75) is 26.7 Å². The van der Waals surface area contributed by atoms with Crippen molar-refractivity contribution >= 4 is 11.5 Å². The van der Waals surface area contributed by atoms with Gasteiger partial charge in [-0.05, 0) is 50.4 Å². The number of likely N-dealkylation sites (tertiary alicyclic amines) is 1. The first kappa shape index (κ1) is 15.9. The largest absolute Gasteiger partial charge is 0.476 e. The highest BCUT2D eigenvalue weighted by Crippen LogP contribution is 2.22. The normalized spacial score (nSPS) is 19.7.